The molecule has 1 aromatic carbocycles. The van der Waals surface area contributed by atoms with Crippen LogP contribution < -0.4 is 18.9 Å². The molecule has 0 radical (unpaired) electrons. The summed E-state index contributed by atoms with van der Waals surface area (Å²) in [6.45, 7) is 4.20. The molecule has 0 saturated carbocycles. The van der Waals surface area contributed by atoms with Gasteiger partial charge in [0.25, 0.3) is 15.9 Å². The van der Waals surface area contributed by atoms with Gasteiger partial charge in [-0.15, -0.1) is 0 Å². The highest BCUT2D eigenvalue weighted by molar-refractivity contribution is 7.92. The number of sulfonamides is 1. The Labute approximate surface area is 247 Å². The van der Waals surface area contributed by atoms with Crippen LogP contribution in [0.5, 0.6) is 23.1 Å². The normalized spacial score (nSPS) is 11.7. The van der Waals surface area contributed by atoms with Gasteiger partial charge in [-0.1, -0.05) is 18.2 Å². The van der Waals surface area contributed by atoms with Crippen LogP contribution in [0.4, 0.5) is 5.82 Å². The predicted octanol–water partition coefficient (Wildman–Crippen LogP) is 3.92. The van der Waals surface area contributed by atoms with E-state index in [1.54, 1.807) is 43.3 Å². The number of esters is 2. The topological polar surface area (TPSA) is 178 Å². The lowest BCUT2D eigenvalue weighted by Crippen LogP contribution is -2.21. The van der Waals surface area contributed by atoms with Crippen molar-refractivity contribution in [3.63, 3.8) is 0 Å². The van der Waals surface area contributed by atoms with E-state index >= 15 is 0 Å². The molecule has 0 spiro atoms. The minimum Gasteiger partial charge on any atom is -0.493 e. The highest BCUT2D eigenvalue weighted by Crippen LogP contribution is 2.41. The quantitative estimate of drug-likeness (QED) is 0.191. The maximum Gasteiger partial charge on any atom is 0.360 e. The highest BCUT2D eigenvalue weighted by Gasteiger charge is 2.26. The van der Waals surface area contributed by atoms with E-state index in [9.17, 15) is 18.0 Å². The Morgan fingerprint density at radius 3 is 2.33 bits per heavy atom. The first-order chi connectivity index (χ1) is 20.5. The lowest BCUT2D eigenvalue weighted by molar-refractivity contribution is -0.162. The molecule has 14 nitrogen and oxygen atoms in total. The molecule has 1 N–H and O–H groups in total. The molecule has 4 aromatic rings. The maximum atomic E-state index is 13.4. The van der Waals surface area contributed by atoms with E-state index in [0.29, 0.717) is 11.4 Å². The van der Waals surface area contributed by atoms with Gasteiger partial charge >= 0.3 is 11.9 Å². The Morgan fingerprint density at radius 2 is 1.65 bits per heavy atom. The maximum absolute atomic E-state index is 13.4. The zero-order valence-electron chi connectivity index (χ0n) is 23.7. The fraction of sp³-hybridized carbons (Fsp3) is 0.214. The van der Waals surface area contributed by atoms with Crippen molar-refractivity contribution in [2.24, 2.45) is 0 Å². The SMILES string of the molecule is COc1ccccc1Oc1c(NS(=O)(=O)c2cccc(C)n2)nc(-c2ccnc(C(=O)OC(C)OC(C)=O)c2)nc1OC. The van der Waals surface area contributed by atoms with Crippen LogP contribution in [-0.2, 0) is 24.3 Å². The first-order valence-corrected chi connectivity index (χ1v) is 14.1. The minimum atomic E-state index is -4.28. The van der Waals surface area contributed by atoms with Crippen LogP contribution in [0.1, 0.15) is 30.0 Å². The number of nitrogens with one attached hydrogen (secondary N) is 1. The number of aryl methyl sites for hydroxylation is 1. The monoisotopic (exact) mass is 609 g/mol. The average molecular weight is 610 g/mol. The Hall–Kier alpha value is -5.31. The molecule has 0 saturated heterocycles. The lowest BCUT2D eigenvalue weighted by Gasteiger charge is -2.17. The van der Waals surface area contributed by atoms with Gasteiger partial charge < -0.3 is 23.7 Å². The minimum absolute atomic E-state index is 0.0522. The number of carbonyl (C=O) groups is 2. The molecular weight excluding hydrogens is 582 g/mol. The van der Waals surface area contributed by atoms with Crippen LogP contribution in [0.3, 0.4) is 0 Å². The van der Waals surface area contributed by atoms with Gasteiger partial charge in [-0.05, 0) is 43.3 Å². The molecule has 0 bridgehead atoms. The Kier molecular flexibility index (Phi) is 9.35. The molecule has 3 aromatic heterocycles. The number of benzene rings is 1. The van der Waals surface area contributed by atoms with Crippen molar-refractivity contribution in [2.75, 3.05) is 18.9 Å². The van der Waals surface area contributed by atoms with Crippen molar-refractivity contribution in [2.45, 2.75) is 32.1 Å². The van der Waals surface area contributed by atoms with Crippen molar-refractivity contribution in [1.29, 1.82) is 0 Å². The molecule has 0 aliphatic heterocycles. The van der Waals surface area contributed by atoms with E-state index in [4.69, 9.17) is 23.7 Å². The van der Waals surface area contributed by atoms with Gasteiger partial charge in [0.15, 0.2) is 28.2 Å². The molecular formula is C28H27N5O9S. The number of hydrogen-bond acceptors (Lipinski definition) is 13. The number of hydrogen-bond donors (Lipinski definition) is 1. The smallest absolute Gasteiger partial charge is 0.360 e. The van der Waals surface area contributed by atoms with Crippen molar-refractivity contribution in [3.8, 4) is 34.5 Å². The summed E-state index contributed by atoms with van der Waals surface area (Å²) in [5.74, 6) is -1.60. The molecule has 0 aliphatic rings. The van der Waals surface area contributed by atoms with Crippen LogP contribution in [-0.4, -0.2) is 60.8 Å². The van der Waals surface area contributed by atoms with Gasteiger partial charge in [0, 0.05) is 31.3 Å². The number of rotatable bonds is 11. The lowest BCUT2D eigenvalue weighted by atomic mass is 10.2. The largest absolute Gasteiger partial charge is 0.493 e. The van der Waals surface area contributed by atoms with E-state index < -0.39 is 28.3 Å². The Morgan fingerprint density at radius 1 is 0.907 bits per heavy atom. The van der Waals surface area contributed by atoms with E-state index in [2.05, 4.69) is 24.7 Å². The van der Waals surface area contributed by atoms with E-state index in [0.717, 1.165) is 0 Å². The van der Waals surface area contributed by atoms with E-state index in [-0.39, 0.29) is 45.3 Å². The predicted molar refractivity (Wildman–Crippen MR) is 151 cm³/mol. The van der Waals surface area contributed by atoms with Crippen LogP contribution in [0.15, 0.2) is 65.8 Å². The second-order valence-corrected chi connectivity index (χ2v) is 10.4. The van der Waals surface area contributed by atoms with E-state index in [1.807, 2.05) is 0 Å². The van der Waals surface area contributed by atoms with Crippen molar-refractivity contribution < 1.29 is 41.7 Å². The molecule has 0 fully saturated rings. The third-order valence-electron chi connectivity index (χ3n) is 5.51. The molecule has 4 rings (SSSR count). The van der Waals surface area contributed by atoms with Gasteiger partial charge in [0.2, 0.25) is 12.0 Å². The third-order valence-corrected chi connectivity index (χ3v) is 6.75. The third kappa shape index (κ3) is 7.51. The first-order valence-electron chi connectivity index (χ1n) is 12.6. The summed E-state index contributed by atoms with van der Waals surface area (Å²) in [7, 11) is -1.52. The molecule has 224 valence electrons. The fourth-order valence-electron chi connectivity index (χ4n) is 3.67. The highest BCUT2D eigenvalue weighted by atomic mass is 32.2. The van der Waals surface area contributed by atoms with Crippen LogP contribution in [0.25, 0.3) is 11.4 Å². The molecule has 3 heterocycles. The zero-order chi connectivity index (χ0) is 31.1. The fourth-order valence-corrected chi connectivity index (χ4v) is 4.69. The van der Waals surface area contributed by atoms with Crippen LogP contribution >= 0.6 is 0 Å². The molecule has 1 unspecified atom stereocenters. The summed E-state index contributed by atoms with van der Waals surface area (Å²) in [5, 5.41) is -0.259. The number of ether oxygens (including phenoxy) is 5. The van der Waals surface area contributed by atoms with E-state index in [1.165, 1.54) is 52.5 Å². The van der Waals surface area contributed by atoms with Gasteiger partial charge in [-0.3, -0.25) is 9.52 Å². The molecule has 15 heteroatoms. The summed E-state index contributed by atoms with van der Waals surface area (Å²) in [5.41, 5.74) is 0.575. The number of carbonyl (C=O) groups excluding carboxylic acids is 2. The van der Waals surface area contributed by atoms with Crippen molar-refractivity contribution >= 4 is 27.8 Å². The van der Waals surface area contributed by atoms with Gasteiger partial charge in [-0.2, -0.15) is 13.4 Å². The number of anilines is 1. The Balaban J connectivity index is 1.81. The van der Waals surface area contributed by atoms with Gasteiger partial charge in [0.1, 0.15) is 5.69 Å². The average Bonchev–Trinajstić information content (AvgIpc) is 2.97. The van der Waals surface area contributed by atoms with Gasteiger partial charge in [-0.25, -0.2) is 19.7 Å². The molecule has 1 atom stereocenters. The summed E-state index contributed by atoms with van der Waals surface area (Å²) >= 11 is 0. The van der Waals surface area contributed by atoms with Gasteiger partial charge in [0.05, 0.1) is 14.2 Å². The molecule has 43 heavy (non-hydrogen) atoms. The number of aromatic nitrogens is 4. The van der Waals surface area contributed by atoms with Crippen molar-refractivity contribution in [1.82, 2.24) is 19.9 Å². The van der Waals surface area contributed by atoms with Crippen molar-refractivity contribution in [3.05, 3.63) is 72.2 Å². The molecule has 0 aliphatic carbocycles. The zero-order valence-corrected chi connectivity index (χ0v) is 24.5. The summed E-state index contributed by atoms with van der Waals surface area (Å²) in [4.78, 5) is 40.7. The summed E-state index contributed by atoms with van der Waals surface area (Å²) < 4.78 is 56.0. The second kappa shape index (κ2) is 13.1. The number of pyridine rings is 2. The Bertz CT molecular complexity index is 1770. The first kappa shape index (κ1) is 30.6. The number of para-hydroxylation sites is 2. The molecule has 0 amide bonds. The summed E-state index contributed by atoms with van der Waals surface area (Å²) in [6, 6.07) is 14.0. The second-order valence-electron chi connectivity index (χ2n) is 8.72. The summed E-state index contributed by atoms with van der Waals surface area (Å²) in [6.07, 6.45) is 0.146. The van der Waals surface area contributed by atoms with Crippen LogP contribution in [0.2, 0.25) is 0 Å². The standard InChI is InChI=1S/C28H27N5O9S/c1-16-9-8-12-23(30-16)43(36,37)33-26-24(42-22-11-7-6-10-21(22)38-4)27(39-5)32-25(31-26)19-13-14-29-20(15-19)28(35)41-18(3)40-17(2)34/h6-15,18H,1-5H3,(H,31,32,33). The van der Waals surface area contributed by atoms with Crippen LogP contribution in [0, 0.1) is 6.92 Å². The number of nitrogens with zero attached hydrogens (tertiary/aromatic N) is 4. The number of methoxy groups -OCH3 is 2.